The fraction of sp³-hybridized carbons (Fsp3) is 0.571. The Labute approximate surface area is 219 Å². The molecular formula is C28H35FN4O5. The maximum atomic E-state index is 15.2. The molecule has 0 saturated heterocycles. The normalized spacial score (nSPS) is 22.6. The molecule has 10 heteroatoms. The molecule has 9 nitrogen and oxygen atoms in total. The summed E-state index contributed by atoms with van der Waals surface area (Å²) in [7, 11) is 0. The van der Waals surface area contributed by atoms with Gasteiger partial charge in [0, 0.05) is 18.1 Å². The Kier molecular flexibility index (Phi) is 7.67. The predicted molar refractivity (Wildman–Crippen MR) is 142 cm³/mol. The number of anilines is 1. The lowest BCUT2D eigenvalue weighted by atomic mass is 9.89. The molecule has 2 aromatic rings. The maximum absolute atomic E-state index is 15.2. The minimum Gasteiger partial charge on any atom is -0.481 e. The molecule has 5 rings (SSSR count). The maximum Gasteiger partial charge on any atom is 0.332 e. The molecular weight excluding hydrogens is 491 g/mol. The highest BCUT2D eigenvalue weighted by Gasteiger charge is 2.31. The van der Waals surface area contributed by atoms with Crippen LogP contribution >= 0.6 is 0 Å². The van der Waals surface area contributed by atoms with Crippen LogP contribution in [0.15, 0.2) is 33.9 Å². The first-order chi connectivity index (χ1) is 18.3. The van der Waals surface area contributed by atoms with Gasteiger partial charge in [0.05, 0.1) is 22.5 Å². The summed E-state index contributed by atoms with van der Waals surface area (Å²) in [6.07, 6.45) is 12.8. The Hall–Kier alpha value is -3.43. The number of carbonyl (C=O) groups excluding carboxylic acids is 1. The SMILES string of the molecule is O=C(Cn1c(=O)c2cc(F)c(NC3CCCCC3)cc2n(C2CCCC2)c1=O)NC1CC=CCC1C(=O)O. The zero-order chi connectivity index (χ0) is 26.8. The summed E-state index contributed by atoms with van der Waals surface area (Å²) < 4.78 is 17.7. The minimum atomic E-state index is -1.01. The van der Waals surface area contributed by atoms with Crippen LogP contribution in [0.25, 0.3) is 10.9 Å². The average molecular weight is 527 g/mol. The number of benzene rings is 1. The number of carboxylic acids is 1. The first-order valence-electron chi connectivity index (χ1n) is 13.8. The van der Waals surface area contributed by atoms with Gasteiger partial charge < -0.3 is 15.7 Å². The van der Waals surface area contributed by atoms with Gasteiger partial charge in [-0.1, -0.05) is 44.3 Å². The lowest BCUT2D eigenvalue weighted by Gasteiger charge is -2.26. The zero-order valence-electron chi connectivity index (χ0n) is 21.5. The van der Waals surface area contributed by atoms with E-state index in [0.29, 0.717) is 18.4 Å². The number of allylic oxidation sites excluding steroid dienone is 1. The van der Waals surface area contributed by atoms with E-state index < -0.39 is 47.4 Å². The van der Waals surface area contributed by atoms with Crippen LogP contribution in [0.1, 0.15) is 76.7 Å². The van der Waals surface area contributed by atoms with Gasteiger partial charge in [0.1, 0.15) is 12.4 Å². The molecule has 1 aromatic carbocycles. The first kappa shape index (κ1) is 26.2. The number of rotatable bonds is 7. The summed E-state index contributed by atoms with van der Waals surface area (Å²) in [6, 6.07) is 2.12. The third-order valence-corrected chi connectivity index (χ3v) is 8.31. The van der Waals surface area contributed by atoms with Gasteiger partial charge >= 0.3 is 11.7 Å². The van der Waals surface area contributed by atoms with Crippen molar-refractivity contribution in [1.29, 1.82) is 0 Å². The van der Waals surface area contributed by atoms with E-state index in [1.165, 1.54) is 12.5 Å². The molecule has 204 valence electrons. The standard InChI is InChI=1S/C28H35FN4O5/c29-21-14-20-24(15-23(21)30-17-8-2-1-3-9-17)33(18-10-4-5-11-18)28(38)32(26(20)35)16-25(34)31-22-13-7-6-12-19(22)27(36)37/h6-7,14-15,17-19,22,30H,1-5,8-13,16H2,(H,31,34)(H,36,37). The number of amides is 1. The minimum absolute atomic E-state index is 0.0556. The third kappa shape index (κ3) is 5.26. The molecule has 0 bridgehead atoms. The number of carbonyl (C=O) groups is 2. The molecule has 1 amide bonds. The zero-order valence-corrected chi connectivity index (χ0v) is 21.5. The van der Waals surface area contributed by atoms with Gasteiger partial charge in [-0.15, -0.1) is 0 Å². The van der Waals surface area contributed by atoms with E-state index >= 15 is 4.39 Å². The quantitative estimate of drug-likeness (QED) is 0.473. The summed E-state index contributed by atoms with van der Waals surface area (Å²) >= 11 is 0. The fourth-order valence-electron chi connectivity index (χ4n) is 6.27. The third-order valence-electron chi connectivity index (χ3n) is 8.31. The van der Waals surface area contributed by atoms with Gasteiger partial charge in [0.15, 0.2) is 0 Å². The Balaban J connectivity index is 1.51. The van der Waals surface area contributed by atoms with Crippen LogP contribution in [0.5, 0.6) is 0 Å². The summed E-state index contributed by atoms with van der Waals surface area (Å²) in [6.45, 7) is -0.559. The van der Waals surface area contributed by atoms with E-state index in [0.717, 1.165) is 55.9 Å². The van der Waals surface area contributed by atoms with Crippen molar-refractivity contribution < 1.29 is 19.1 Å². The molecule has 0 radical (unpaired) electrons. The molecule has 3 aliphatic carbocycles. The van der Waals surface area contributed by atoms with Crippen molar-refractivity contribution in [1.82, 2.24) is 14.5 Å². The van der Waals surface area contributed by atoms with Crippen molar-refractivity contribution in [3.63, 3.8) is 0 Å². The number of carboxylic acid groups (broad SMARTS) is 1. The molecule has 2 fully saturated rings. The van der Waals surface area contributed by atoms with Gasteiger partial charge in [0.25, 0.3) is 5.56 Å². The molecule has 3 N–H and O–H groups in total. The lowest BCUT2D eigenvalue weighted by molar-refractivity contribution is -0.143. The Morgan fingerprint density at radius 2 is 1.66 bits per heavy atom. The summed E-state index contributed by atoms with van der Waals surface area (Å²) in [4.78, 5) is 51.7. The highest BCUT2D eigenvalue weighted by molar-refractivity contribution is 5.83. The van der Waals surface area contributed by atoms with Crippen molar-refractivity contribution in [3.8, 4) is 0 Å². The molecule has 2 unspecified atom stereocenters. The van der Waals surface area contributed by atoms with Crippen molar-refractivity contribution in [2.24, 2.45) is 5.92 Å². The highest BCUT2D eigenvalue weighted by atomic mass is 19.1. The van der Waals surface area contributed by atoms with E-state index in [2.05, 4.69) is 10.6 Å². The van der Waals surface area contributed by atoms with Crippen LogP contribution in [-0.4, -0.2) is 38.2 Å². The van der Waals surface area contributed by atoms with Gasteiger partial charge in [-0.25, -0.2) is 9.18 Å². The number of aliphatic carboxylic acids is 1. The largest absolute Gasteiger partial charge is 0.481 e. The summed E-state index contributed by atoms with van der Waals surface area (Å²) in [5, 5.41) is 15.5. The topological polar surface area (TPSA) is 122 Å². The predicted octanol–water partition coefficient (Wildman–Crippen LogP) is 3.70. The molecule has 38 heavy (non-hydrogen) atoms. The van der Waals surface area contributed by atoms with Crippen molar-refractivity contribution in [2.75, 3.05) is 5.32 Å². The summed E-state index contributed by atoms with van der Waals surface area (Å²) in [5.74, 6) is -2.98. The molecule has 0 spiro atoms. The van der Waals surface area contributed by atoms with Crippen LogP contribution in [0, 0.1) is 11.7 Å². The van der Waals surface area contributed by atoms with Crippen molar-refractivity contribution in [3.05, 3.63) is 50.9 Å². The van der Waals surface area contributed by atoms with Gasteiger partial charge in [0.2, 0.25) is 5.91 Å². The first-order valence-corrected chi connectivity index (χ1v) is 13.8. The second kappa shape index (κ2) is 11.1. The van der Waals surface area contributed by atoms with E-state index in [-0.39, 0.29) is 23.2 Å². The number of fused-ring (bicyclic) bond motifs is 1. The van der Waals surface area contributed by atoms with E-state index in [1.54, 1.807) is 22.8 Å². The second-order valence-corrected chi connectivity index (χ2v) is 10.9. The Morgan fingerprint density at radius 3 is 2.37 bits per heavy atom. The van der Waals surface area contributed by atoms with Gasteiger partial charge in [-0.2, -0.15) is 0 Å². The van der Waals surface area contributed by atoms with Gasteiger partial charge in [-0.05, 0) is 50.7 Å². The highest BCUT2D eigenvalue weighted by Crippen LogP contribution is 2.32. The van der Waals surface area contributed by atoms with Gasteiger partial charge in [-0.3, -0.25) is 23.5 Å². The Bertz CT molecular complexity index is 1370. The summed E-state index contributed by atoms with van der Waals surface area (Å²) in [5.41, 5.74) is -0.656. The van der Waals surface area contributed by atoms with Crippen molar-refractivity contribution in [2.45, 2.75) is 95.3 Å². The van der Waals surface area contributed by atoms with Crippen LogP contribution in [0.4, 0.5) is 10.1 Å². The lowest BCUT2D eigenvalue weighted by Crippen LogP contribution is -2.49. The van der Waals surface area contributed by atoms with Crippen LogP contribution in [0.2, 0.25) is 0 Å². The van der Waals surface area contributed by atoms with Crippen LogP contribution in [0.3, 0.4) is 0 Å². The average Bonchev–Trinajstić information content (AvgIpc) is 3.43. The molecule has 0 aliphatic heterocycles. The monoisotopic (exact) mass is 526 g/mol. The molecule has 2 saturated carbocycles. The number of nitrogens with zero attached hydrogens (tertiary/aromatic N) is 2. The van der Waals surface area contributed by atoms with Crippen molar-refractivity contribution >= 4 is 28.5 Å². The number of aromatic nitrogens is 2. The Morgan fingerprint density at radius 1 is 0.974 bits per heavy atom. The smallest absolute Gasteiger partial charge is 0.332 e. The van der Waals surface area contributed by atoms with E-state index in [4.69, 9.17) is 0 Å². The van der Waals surface area contributed by atoms with E-state index in [1.807, 2.05) is 0 Å². The molecule has 1 heterocycles. The van der Waals surface area contributed by atoms with Crippen LogP contribution in [-0.2, 0) is 16.1 Å². The van der Waals surface area contributed by atoms with Crippen LogP contribution < -0.4 is 21.9 Å². The fourth-order valence-corrected chi connectivity index (χ4v) is 6.27. The number of halogens is 1. The number of nitrogens with one attached hydrogen (secondary N) is 2. The molecule has 2 atom stereocenters. The number of hydrogen-bond donors (Lipinski definition) is 3. The van der Waals surface area contributed by atoms with E-state index in [9.17, 15) is 24.3 Å². The second-order valence-electron chi connectivity index (χ2n) is 10.9. The number of hydrogen-bond acceptors (Lipinski definition) is 5. The molecule has 3 aliphatic rings. The molecule has 1 aromatic heterocycles.